The van der Waals surface area contributed by atoms with Crippen molar-refractivity contribution in [2.45, 2.75) is 13.8 Å². The first-order valence-electron chi connectivity index (χ1n) is 7.78. The molecule has 1 N–H and O–H groups in total. The molecule has 1 aromatic heterocycles. The Morgan fingerprint density at radius 2 is 1.74 bits per heavy atom. The fourth-order valence-corrected chi connectivity index (χ4v) is 3.07. The fourth-order valence-electron chi connectivity index (χ4n) is 3.07. The Bertz CT molecular complexity index is 707. The van der Waals surface area contributed by atoms with E-state index in [4.69, 9.17) is 0 Å². The van der Waals surface area contributed by atoms with Gasteiger partial charge in [-0.3, -0.25) is 15.0 Å². The number of piperazine rings is 1. The van der Waals surface area contributed by atoms with E-state index in [1.165, 1.54) is 23.0 Å². The molecular weight excluding hydrogens is 292 g/mol. The highest BCUT2D eigenvalue weighted by Crippen LogP contribution is 2.23. The van der Waals surface area contributed by atoms with Gasteiger partial charge in [-0.25, -0.2) is 4.98 Å². The molecule has 6 nitrogen and oxygen atoms in total. The van der Waals surface area contributed by atoms with Gasteiger partial charge >= 0.3 is 5.69 Å². The summed E-state index contributed by atoms with van der Waals surface area (Å²) in [5.74, 6) is 0.927. The topological polar surface area (TPSA) is 63.8 Å². The normalized spacial score (nSPS) is 14.9. The predicted octanol–water partition coefficient (Wildman–Crippen LogP) is 2.35. The molecule has 1 fully saturated rings. The van der Waals surface area contributed by atoms with Gasteiger partial charge in [0.1, 0.15) is 13.1 Å². The van der Waals surface area contributed by atoms with Crippen molar-refractivity contribution in [1.82, 2.24) is 0 Å². The van der Waals surface area contributed by atoms with Crippen LogP contribution < -0.4 is 14.8 Å². The second kappa shape index (κ2) is 6.24. The second-order valence-electron chi connectivity index (χ2n) is 5.95. The van der Waals surface area contributed by atoms with Gasteiger partial charge in [-0.05, 0) is 25.5 Å². The second-order valence-corrected chi connectivity index (χ2v) is 5.95. The molecule has 0 radical (unpaired) electrons. The molecule has 0 spiro atoms. The van der Waals surface area contributed by atoms with Crippen LogP contribution in [0.4, 0.5) is 17.2 Å². The number of nitro groups is 1. The van der Waals surface area contributed by atoms with Gasteiger partial charge in [-0.15, -0.1) is 0 Å². The third kappa shape index (κ3) is 3.26. The fraction of sp³-hybridized carbons (Fsp3) is 0.353. The molecule has 1 aliphatic heterocycles. The van der Waals surface area contributed by atoms with Gasteiger partial charge in [-0.2, -0.15) is 0 Å². The summed E-state index contributed by atoms with van der Waals surface area (Å²) in [7, 11) is 0. The Kier molecular flexibility index (Phi) is 4.14. The molecule has 0 amide bonds. The molecule has 1 saturated heterocycles. The van der Waals surface area contributed by atoms with E-state index in [1.807, 2.05) is 0 Å². The lowest BCUT2D eigenvalue weighted by atomic mass is 10.1. The van der Waals surface area contributed by atoms with Gasteiger partial charge in [-0.1, -0.05) is 17.7 Å². The molecule has 0 aliphatic carbocycles. The largest absolute Gasteiger partial charge is 0.363 e. The van der Waals surface area contributed by atoms with E-state index < -0.39 is 4.92 Å². The Hall–Kier alpha value is -2.63. The van der Waals surface area contributed by atoms with Crippen LogP contribution in [0.15, 0.2) is 36.5 Å². The minimum Gasteiger partial charge on any atom is -0.363 e. The van der Waals surface area contributed by atoms with Crippen LogP contribution in [0.1, 0.15) is 11.1 Å². The number of rotatable bonds is 3. The molecule has 0 bridgehead atoms. The van der Waals surface area contributed by atoms with E-state index in [0.717, 1.165) is 32.0 Å². The Morgan fingerprint density at radius 3 is 2.30 bits per heavy atom. The van der Waals surface area contributed by atoms with E-state index >= 15 is 0 Å². The minimum atomic E-state index is -0.390. The summed E-state index contributed by atoms with van der Waals surface area (Å²) in [4.78, 5) is 18.0. The molecule has 1 aromatic carbocycles. The summed E-state index contributed by atoms with van der Waals surface area (Å²) >= 11 is 0. The van der Waals surface area contributed by atoms with Crippen LogP contribution in [0.25, 0.3) is 0 Å². The van der Waals surface area contributed by atoms with E-state index in [0.29, 0.717) is 0 Å². The third-order valence-electron chi connectivity index (χ3n) is 4.30. The predicted molar refractivity (Wildman–Crippen MR) is 90.0 cm³/mol. The van der Waals surface area contributed by atoms with E-state index in [1.54, 1.807) is 12.1 Å². The molecule has 0 unspecified atom stereocenters. The van der Waals surface area contributed by atoms with Gasteiger partial charge in [0, 0.05) is 17.8 Å². The standard InChI is InChI=1S/C17H20N4O2/c1-13-3-5-16(14(2)11-13)19-7-9-20(10-8-19)17-6-4-15(12-18-17)21(22)23/h3-6,11-12H,7-10H2,1-2H3/p+1. The van der Waals surface area contributed by atoms with Crippen molar-refractivity contribution in [3.63, 3.8) is 0 Å². The molecule has 0 atom stereocenters. The van der Waals surface area contributed by atoms with Crippen LogP contribution in [0.2, 0.25) is 0 Å². The SMILES string of the molecule is Cc1ccc(N2CCN(c3ccc([N+](=O)[O-])c[nH+]3)CC2)c(C)c1. The average Bonchev–Trinajstić information content (AvgIpc) is 2.55. The number of H-pyrrole nitrogens is 1. The van der Waals surface area contributed by atoms with Crippen molar-refractivity contribution in [2.24, 2.45) is 0 Å². The highest BCUT2D eigenvalue weighted by molar-refractivity contribution is 5.55. The molecule has 23 heavy (non-hydrogen) atoms. The van der Waals surface area contributed by atoms with Gasteiger partial charge < -0.3 is 4.90 Å². The number of nitrogens with zero attached hydrogens (tertiary/aromatic N) is 3. The Balaban J connectivity index is 1.67. The van der Waals surface area contributed by atoms with Gasteiger partial charge in [0.25, 0.3) is 5.82 Å². The Morgan fingerprint density at radius 1 is 1.04 bits per heavy atom. The van der Waals surface area contributed by atoms with Crippen LogP contribution in [0, 0.1) is 24.0 Å². The van der Waals surface area contributed by atoms with Crippen LogP contribution in [0.3, 0.4) is 0 Å². The number of aromatic nitrogens is 1. The number of pyridine rings is 1. The first-order valence-corrected chi connectivity index (χ1v) is 7.78. The van der Waals surface area contributed by atoms with Gasteiger partial charge in [0.15, 0.2) is 6.20 Å². The first kappa shape index (κ1) is 15.3. The van der Waals surface area contributed by atoms with Crippen molar-refractivity contribution in [3.05, 3.63) is 57.8 Å². The number of nitrogens with one attached hydrogen (secondary N) is 1. The van der Waals surface area contributed by atoms with Crippen LogP contribution in [-0.2, 0) is 0 Å². The van der Waals surface area contributed by atoms with Crippen LogP contribution >= 0.6 is 0 Å². The van der Waals surface area contributed by atoms with Crippen molar-refractivity contribution < 1.29 is 9.91 Å². The van der Waals surface area contributed by atoms with Crippen LogP contribution in [0.5, 0.6) is 0 Å². The van der Waals surface area contributed by atoms with Crippen molar-refractivity contribution in [2.75, 3.05) is 36.0 Å². The molecule has 0 saturated carbocycles. The summed E-state index contributed by atoms with van der Waals surface area (Å²) < 4.78 is 0. The number of aryl methyl sites for hydroxylation is 2. The van der Waals surface area contributed by atoms with E-state index in [9.17, 15) is 10.1 Å². The van der Waals surface area contributed by atoms with Crippen molar-refractivity contribution >= 4 is 17.2 Å². The first-order chi connectivity index (χ1) is 11.0. The zero-order valence-corrected chi connectivity index (χ0v) is 13.5. The highest BCUT2D eigenvalue weighted by Gasteiger charge is 2.24. The summed E-state index contributed by atoms with van der Waals surface area (Å²) in [6.45, 7) is 7.92. The maximum Gasteiger partial charge on any atom is 0.308 e. The lowest BCUT2D eigenvalue weighted by Gasteiger charge is -2.33. The molecule has 120 valence electrons. The van der Waals surface area contributed by atoms with Crippen molar-refractivity contribution in [3.8, 4) is 0 Å². The number of hydrogen-bond acceptors (Lipinski definition) is 4. The summed E-state index contributed by atoms with van der Waals surface area (Å²) in [6.07, 6.45) is 1.45. The maximum atomic E-state index is 10.7. The summed E-state index contributed by atoms with van der Waals surface area (Å²) in [5, 5.41) is 10.7. The van der Waals surface area contributed by atoms with Crippen molar-refractivity contribution in [1.29, 1.82) is 0 Å². The molecule has 1 aliphatic rings. The van der Waals surface area contributed by atoms with Gasteiger partial charge in [0.2, 0.25) is 0 Å². The monoisotopic (exact) mass is 313 g/mol. The van der Waals surface area contributed by atoms with E-state index in [-0.39, 0.29) is 5.69 Å². The van der Waals surface area contributed by atoms with Crippen LogP contribution in [-0.4, -0.2) is 31.1 Å². The highest BCUT2D eigenvalue weighted by atomic mass is 16.6. The molecular formula is C17H21N4O2+. The quantitative estimate of drug-likeness (QED) is 0.644. The third-order valence-corrected chi connectivity index (χ3v) is 4.30. The number of benzene rings is 1. The summed E-state index contributed by atoms with van der Waals surface area (Å²) in [6, 6.07) is 9.89. The Labute approximate surface area is 135 Å². The average molecular weight is 313 g/mol. The minimum absolute atomic E-state index is 0.0858. The zero-order chi connectivity index (χ0) is 16.4. The zero-order valence-electron chi connectivity index (χ0n) is 13.5. The molecule has 6 heteroatoms. The smallest absolute Gasteiger partial charge is 0.308 e. The lowest BCUT2D eigenvalue weighted by Crippen LogP contribution is -2.48. The molecule has 3 rings (SSSR count). The van der Waals surface area contributed by atoms with Gasteiger partial charge in [0.05, 0.1) is 18.0 Å². The van der Waals surface area contributed by atoms with E-state index in [2.05, 4.69) is 46.8 Å². The number of aromatic amines is 1. The number of anilines is 2. The number of hydrogen-bond donors (Lipinski definition) is 0. The molecule has 2 heterocycles. The lowest BCUT2D eigenvalue weighted by molar-refractivity contribution is -0.414. The summed E-state index contributed by atoms with van der Waals surface area (Å²) in [5.41, 5.74) is 3.97. The molecule has 2 aromatic rings. The maximum absolute atomic E-state index is 10.7.